The van der Waals surface area contributed by atoms with Crippen LogP contribution >= 0.6 is 0 Å². The molecule has 0 aliphatic carbocycles. The van der Waals surface area contributed by atoms with E-state index in [4.69, 9.17) is 10.5 Å². The van der Waals surface area contributed by atoms with E-state index >= 15 is 0 Å². The highest BCUT2D eigenvalue weighted by atomic mass is 32.2. The summed E-state index contributed by atoms with van der Waals surface area (Å²) in [4.78, 5) is 11.9. The highest BCUT2D eigenvalue weighted by Gasteiger charge is 2.22. The lowest BCUT2D eigenvalue weighted by Crippen LogP contribution is -2.37. The van der Waals surface area contributed by atoms with Crippen molar-refractivity contribution in [2.24, 2.45) is 5.73 Å². The van der Waals surface area contributed by atoms with Gasteiger partial charge >= 0.3 is 0 Å². The van der Waals surface area contributed by atoms with Crippen molar-refractivity contribution in [2.75, 3.05) is 6.61 Å². The normalized spacial score (nSPS) is 12.6. The van der Waals surface area contributed by atoms with Gasteiger partial charge in [0.25, 0.3) is 5.91 Å². The number of sulfonamides is 1. The van der Waals surface area contributed by atoms with E-state index in [1.165, 1.54) is 0 Å². The summed E-state index contributed by atoms with van der Waals surface area (Å²) in [7, 11) is -3.70. The van der Waals surface area contributed by atoms with Crippen LogP contribution in [0, 0.1) is 27.7 Å². The molecule has 0 saturated carbocycles. The molecule has 0 unspecified atom stereocenters. The molecule has 0 saturated heterocycles. The van der Waals surface area contributed by atoms with Crippen molar-refractivity contribution in [3.05, 3.63) is 58.1 Å². The number of hydrogen-bond donors (Lipinski definition) is 2. The van der Waals surface area contributed by atoms with Gasteiger partial charge in [-0.25, -0.2) is 13.1 Å². The quantitative estimate of drug-likeness (QED) is 0.759. The molecule has 0 aliphatic heterocycles. The summed E-state index contributed by atoms with van der Waals surface area (Å²) in [6.45, 7) is 9.10. The number of carbonyl (C=O) groups is 1. The standard InChI is InChI=1S/C20H26N2O4S/c1-12-6-7-18(17(10-12)20(21)23)26-11-16(5)22-27(24,25)19-14(3)8-13(2)9-15(19)4/h6-10,16,22H,11H2,1-5H3,(H2,21,23)/t16-/m0/s1. The van der Waals surface area contributed by atoms with Gasteiger partial charge in [-0.2, -0.15) is 0 Å². The topological polar surface area (TPSA) is 98.5 Å². The molecular formula is C20H26N2O4S. The lowest BCUT2D eigenvalue weighted by Gasteiger charge is -2.18. The van der Waals surface area contributed by atoms with Gasteiger partial charge in [0.05, 0.1) is 16.5 Å². The van der Waals surface area contributed by atoms with Gasteiger partial charge in [-0.1, -0.05) is 29.3 Å². The first-order valence-electron chi connectivity index (χ1n) is 8.64. The molecule has 0 aliphatic rings. The molecule has 3 N–H and O–H groups in total. The molecule has 0 aromatic heterocycles. The van der Waals surface area contributed by atoms with Crippen LogP contribution < -0.4 is 15.2 Å². The minimum atomic E-state index is -3.70. The lowest BCUT2D eigenvalue weighted by atomic mass is 10.1. The van der Waals surface area contributed by atoms with Crippen LogP contribution in [0.2, 0.25) is 0 Å². The second-order valence-corrected chi connectivity index (χ2v) is 8.58. The van der Waals surface area contributed by atoms with Crippen LogP contribution in [0.1, 0.15) is 39.5 Å². The molecule has 0 heterocycles. The number of hydrogen-bond acceptors (Lipinski definition) is 4. The first-order valence-corrected chi connectivity index (χ1v) is 10.1. The smallest absolute Gasteiger partial charge is 0.252 e. The van der Waals surface area contributed by atoms with Crippen LogP contribution in [0.4, 0.5) is 0 Å². The first-order chi connectivity index (χ1) is 12.5. The Hall–Kier alpha value is -2.38. The number of aryl methyl sites for hydroxylation is 4. The summed E-state index contributed by atoms with van der Waals surface area (Å²) in [5.41, 5.74) is 8.95. The molecule has 0 fully saturated rings. The second-order valence-electron chi connectivity index (χ2n) is 6.93. The van der Waals surface area contributed by atoms with E-state index in [9.17, 15) is 13.2 Å². The molecular weight excluding hydrogens is 364 g/mol. The molecule has 0 bridgehead atoms. The summed E-state index contributed by atoms with van der Waals surface area (Å²) in [6, 6.07) is 8.28. The molecule has 1 atom stereocenters. The summed E-state index contributed by atoms with van der Waals surface area (Å²) < 4.78 is 33.9. The van der Waals surface area contributed by atoms with E-state index in [0.29, 0.717) is 16.9 Å². The molecule has 2 aromatic rings. The Morgan fingerprint density at radius 1 is 1.07 bits per heavy atom. The predicted molar refractivity (Wildman–Crippen MR) is 106 cm³/mol. The summed E-state index contributed by atoms with van der Waals surface area (Å²) in [5, 5.41) is 0. The summed E-state index contributed by atoms with van der Waals surface area (Å²) in [5.74, 6) is -0.255. The van der Waals surface area contributed by atoms with E-state index in [1.807, 2.05) is 26.0 Å². The van der Waals surface area contributed by atoms with Gasteiger partial charge in [0.15, 0.2) is 0 Å². The lowest BCUT2D eigenvalue weighted by molar-refractivity contribution is 0.0995. The molecule has 7 heteroatoms. The highest BCUT2D eigenvalue weighted by Crippen LogP contribution is 2.23. The Labute approximate surface area is 160 Å². The maximum absolute atomic E-state index is 12.8. The number of nitrogens with two attached hydrogens (primary N) is 1. The van der Waals surface area contributed by atoms with E-state index in [-0.39, 0.29) is 17.1 Å². The maximum Gasteiger partial charge on any atom is 0.252 e. The Kier molecular flexibility index (Phi) is 6.28. The Bertz CT molecular complexity index is 945. The summed E-state index contributed by atoms with van der Waals surface area (Å²) >= 11 is 0. The van der Waals surface area contributed by atoms with Crippen molar-refractivity contribution in [1.82, 2.24) is 4.72 Å². The average Bonchev–Trinajstić information content (AvgIpc) is 2.51. The van der Waals surface area contributed by atoms with Crippen molar-refractivity contribution >= 4 is 15.9 Å². The van der Waals surface area contributed by atoms with Crippen molar-refractivity contribution in [3.8, 4) is 5.75 Å². The van der Waals surface area contributed by atoms with Gasteiger partial charge in [-0.05, 0) is 57.9 Å². The van der Waals surface area contributed by atoms with Crippen molar-refractivity contribution in [2.45, 2.75) is 45.6 Å². The van der Waals surface area contributed by atoms with Crippen molar-refractivity contribution in [1.29, 1.82) is 0 Å². The Morgan fingerprint density at radius 2 is 1.67 bits per heavy atom. The van der Waals surface area contributed by atoms with Crippen molar-refractivity contribution in [3.63, 3.8) is 0 Å². The zero-order valence-electron chi connectivity index (χ0n) is 16.3. The fourth-order valence-corrected chi connectivity index (χ4v) is 4.81. The number of nitrogens with one attached hydrogen (secondary N) is 1. The summed E-state index contributed by atoms with van der Waals surface area (Å²) in [6.07, 6.45) is 0. The predicted octanol–water partition coefficient (Wildman–Crippen LogP) is 2.76. The zero-order valence-corrected chi connectivity index (χ0v) is 17.1. The van der Waals surface area contributed by atoms with Gasteiger partial charge in [-0.3, -0.25) is 4.79 Å². The minimum Gasteiger partial charge on any atom is -0.491 e. The van der Waals surface area contributed by atoms with Crippen LogP contribution in [-0.4, -0.2) is 27.0 Å². The third-order valence-corrected chi connectivity index (χ3v) is 6.01. The SMILES string of the molecule is Cc1cc(C)c(S(=O)(=O)N[C@@H](C)COc2ccc(C)cc2C(N)=O)c(C)c1. The number of amides is 1. The van der Waals surface area contributed by atoms with E-state index in [1.54, 1.807) is 39.0 Å². The molecule has 2 rings (SSSR count). The van der Waals surface area contributed by atoms with E-state index < -0.39 is 22.0 Å². The van der Waals surface area contributed by atoms with Crippen LogP contribution in [-0.2, 0) is 10.0 Å². The number of carbonyl (C=O) groups excluding carboxylic acids is 1. The maximum atomic E-state index is 12.8. The highest BCUT2D eigenvalue weighted by molar-refractivity contribution is 7.89. The van der Waals surface area contributed by atoms with Gasteiger partial charge in [0.2, 0.25) is 10.0 Å². The third-order valence-electron chi connectivity index (χ3n) is 4.12. The van der Waals surface area contributed by atoms with Crippen molar-refractivity contribution < 1.29 is 17.9 Å². The van der Waals surface area contributed by atoms with Gasteiger partial charge in [0, 0.05) is 0 Å². The van der Waals surface area contributed by atoms with Crippen LogP contribution in [0.3, 0.4) is 0 Å². The number of ether oxygens (including phenoxy) is 1. The molecule has 2 aromatic carbocycles. The van der Waals surface area contributed by atoms with E-state index in [2.05, 4.69) is 4.72 Å². The monoisotopic (exact) mass is 390 g/mol. The minimum absolute atomic E-state index is 0.0620. The Morgan fingerprint density at radius 3 is 2.22 bits per heavy atom. The number of benzene rings is 2. The molecule has 0 radical (unpaired) electrons. The fraction of sp³-hybridized carbons (Fsp3) is 0.350. The first kappa shape index (κ1) is 20.9. The average molecular weight is 391 g/mol. The van der Waals surface area contributed by atoms with Gasteiger partial charge in [0.1, 0.15) is 12.4 Å². The molecule has 27 heavy (non-hydrogen) atoms. The van der Waals surface area contributed by atoms with Crippen LogP contribution in [0.15, 0.2) is 35.2 Å². The van der Waals surface area contributed by atoms with E-state index in [0.717, 1.165) is 11.1 Å². The zero-order chi connectivity index (χ0) is 20.4. The number of rotatable bonds is 7. The molecule has 146 valence electrons. The largest absolute Gasteiger partial charge is 0.491 e. The molecule has 0 spiro atoms. The van der Waals surface area contributed by atoms with Crippen LogP contribution in [0.25, 0.3) is 0 Å². The van der Waals surface area contributed by atoms with Crippen LogP contribution in [0.5, 0.6) is 5.75 Å². The van der Waals surface area contributed by atoms with Gasteiger partial charge < -0.3 is 10.5 Å². The number of primary amides is 1. The molecule has 6 nitrogen and oxygen atoms in total. The molecule has 1 amide bonds. The third kappa shape index (κ3) is 5.08. The van der Waals surface area contributed by atoms with Gasteiger partial charge in [-0.15, -0.1) is 0 Å². The Balaban J connectivity index is 2.15. The fourth-order valence-electron chi connectivity index (χ4n) is 3.13. The second kappa shape index (κ2) is 8.10.